The van der Waals surface area contributed by atoms with Gasteiger partial charge in [0.25, 0.3) is 0 Å². The Morgan fingerprint density at radius 3 is 2.85 bits per heavy atom. The molecule has 0 aliphatic heterocycles. The Bertz CT molecular complexity index is 281. The molecule has 4 nitrogen and oxygen atoms in total. The van der Waals surface area contributed by atoms with Crippen molar-refractivity contribution >= 4 is 17.4 Å². The molecule has 0 bridgehead atoms. The van der Waals surface area contributed by atoms with E-state index in [9.17, 15) is 0 Å². The first kappa shape index (κ1) is 10.1. The molecule has 13 heavy (non-hydrogen) atoms. The number of anilines is 1. The van der Waals surface area contributed by atoms with Crippen LogP contribution >= 0.6 is 11.6 Å². The van der Waals surface area contributed by atoms with Crippen LogP contribution in [-0.4, -0.2) is 25.3 Å². The van der Waals surface area contributed by atoms with Gasteiger partial charge in [-0.05, 0) is 6.07 Å². The monoisotopic (exact) mass is 202 g/mol. The molecule has 0 saturated heterocycles. The highest BCUT2D eigenvalue weighted by molar-refractivity contribution is 6.32. The quantitative estimate of drug-likeness (QED) is 0.749. The summed E-state index contributed by atoms with van der Waals surface area (Å²) in [4.78, 5) is 3.91. The molecule has 72 valence electrons. The van der Waals surface area contributed by atoms with E-state index in [1.807, 2.05) is 0 Å². The van der Waals surface area contributed by atoms with Crippen molar-refractivity contribution in [1.82, 2.24) is 4.98 Å². The van der Waals surface area contributed by atoms with Gasteiger partial charge < -0.3 is 15.2 Å². The summed E-state index contributed by atoms with van der Waals surface area (Å²) < 4.78 is 10.0. The number of pyridine rings is 1. The minimum atomic E-state index is 0.275. The molecule has 0 aromatic carbocycles. The van der Waals surface area contributed by atoms with E-state index in [0.29, 0.717) is 24.1 Å². The summed E-state index contributed by atoms with van der Waals surface area (Å²) >= 11 is 5.67. The van der Waals surface area contributed by atoms with Gasteiger partial charge in [0, 0.05) is 13.2 Å². The lowest BCUT2D eigenvalue weighted by Gasteiger charge is -2.05. The number of aromatic nitrogens is 1. The molecule has 1 aromatic heterocycles. The fourth-order valence-corrected chi connectivity index (χ4v) is 0.854. The van der Waals surface area contributed by atoms with Crippen LogP contribution in [0.4, 0.5) is 5.82 Å². The second kappa shape index (κ2) is 4.89. The Balaban J connectivity index is 2.53. The number of methoxy groups -OCH3 is 1. The number of hydrogen-bond donors (Lipinski definition) is 1. The number of hydrogen-bond acceptors (Lipinski definition) is 4. The molecule has 0 fully saturated rings. The van der Waals surface area contributed by atoms with Crippen molar-refractivity contribution < 1.29 is 9.47 Å². The van der Waals surface area contributed by atoms with E-state index >= 15 is 0 Å². The van der Waals surface area contributed by atoms with Crippen LogP contribution in [0.5, 0.6) is 5.88 Å². The van der Waals surface area contributed by atoms with E-state index in [-0.39, 0.29) is 5.82 Å². The molecule has 0 aliphatic rings. The Kier molecular flexibility index (Phi) is 3.79. The van der Waals surface area contributed by atoms with Gasteiger partial charge >= 0.3 is 0 Å². The van der Waals surface area contributed by atoms with Crippen molar-refractivity contribution in [2.45, 2.75) is 0 Å². The third-order valence-corrected chi connectivity index (χ3v) is 1.70. The van der Waals surface area contributed by atoms with E-state index in [2.05, 4.69) is 4.98 Å². The average molecular weight is 203 g/mol. The maximum atomic E-state index is 5.67. The number of nitrogen functional groups attached to an aromatic ring is 1. The first-order valence-corrected chi connectivity index (χ1v) is 4.15. The largest absolute Gasteiger partial charge is 0.475 e. The van der Waals surface area contributed by atoms with Crippen LogP contribution < -0.4 is 10.5 Å². The van der Waals surface area contributed by atoms with Crippen LogP contribution in [0.25, 0.3) is 0 Å². The van der Waals surface area contributed by atoms with Crippen LogP contribution in [0.1, 0.15) is 0 Å². The van der Waals surface area contributed by atoms with E-state index in [1.165, 1.54) is 0 Å². The van der Waals surface area contributed by atoms with E-state index in [1.54, 1.807) is 19.2 Å². The minimum absolute atomic E-state index is 0.275. The Labute approximate surface area is 81.6 Å². The summed E-state index contributed by atoms with van der Waals surface area (Å²) in [5, 5.41) is 0.430. The fraction of sp³-hybridized carbons (Fsp3) is 0.375. The molecule has 1 aromatic rings. The SMILES string of the molecule is COCCOc1ccc(Cl)c(N)n1. The molecule has 0 saturated carbocycles. The van der Waals surface area contributed by atoms with Crippen LogP contribution in [0.15, 0.2) is 12.1 Å². The number of nitrogens with zero attached hydrogens (tertiary/aromatic N) is 1. The maximum Gasteiger partial charge on any atom is 0.215 e. The van der Waals surface area contributed by atoms with Crippen LogP contribution in [0, 0.1) is 0 Å². The highest BCUT2D eigenvalue weighted by atomic mass is 35.5. The molecule has 0 radical (unpaired) electrons. The molecular weight excluding hydrogens is 192 g/mol. The van der Waals surface area contributed by atoms with Gasteiger partial charge in [-0.2, -0.15) is 4.98 Å². The van der Waals surface area contributed by atoms with E-state index in [0.717, 1.165) is 0 Å². The second-order valence-electron chi connectivity index (χ2n) is 2.36. The average Bonchev–Trinajstić information content (AvgIpc) is 2.12. The lowest BCUT2D eigenvalue weighted by Crippen LogP contribution is -2.06. The highest BCUT2D eigenvalue weighted by Gasteiger charge is 1.99. The van der Waals surface area contributed by atoms with Gasteiger partial charge in [0.05, 0.1) is 11.6 Å². The fourth-order valence-electron chi connectivity index (χ4n) is 0.749. The molecule has 0 amide bonds. The van der Waals surface area contributed by atoms with Gasteiger partial charge in [-0.1, -0.05) is 11.6 Å². The lowest BCUT2D eigenvalue weighted by atomic mass is 10.4. The normalized spacial score (nSPS) is 10.0. The standard InChI is InChI=1S/C8H11ClN2O2/c1-12-4-5-13-7-3-2-6(9)8(10)11-7/h2-3H,4-5H2,1H3,(H2,10,11). The van der Waals surface area contributed by atoms with Crippen molar-refractivity contribution in [2.75, 3.05) is 26.1 Å². The van der Waals surface area contributed by atoms with Crippen molar-refractivity contribution in [3.8, 4) is 5.88 Å². The number of nitrogens with two attached hydrogens (primary N) is 1. The summed E-state index contributed by atoms with van der Waals surface area (Å²) in [6.45, 7) is 0.967. The summed E-state index contributed by atoms with van der Waals surface area (Å²) in [6, 6.07) is 3.31. The second-order valence-corrected chi connectivity index (χ2v) is 2.77. The molecule has 0 unspecified atom stereocenters. The molecule has 5 heteroatoms. The number of rotatable bonds is 4. The number of halogens is 1. The van der Waals surface area contributed by atoms with Gasteiger partial charge in [0.15, 0.2) is 0 Å². The third kappa shape index (κ3) is 3.08. The smallest absolute Gasteiger partial charge is 0.215 e. The van der Waals surface area contributed by atoms with Crippen molar-refractivity contribution in [3.63, 3.8) is 0 Å². The molecular formula is C8H11ClN2O2. The molecule has 0 atom stereocenters. The summed E-state index contributed by atoms with van der Waals surface area (Å²) in [5.41, 5.74) is 5.47. The van der Waals surface area contributed by atoms with Gasteiger partial charge in [-0.3, -0.25) is 0 Å². The Morgan fingerprint density at radius 2 is 2.23 bits per heavy atom. The topological polar surface area (TPSA) is 57.4 Å². The zero-order chi connectivity index (χ0) is 9.68. The van der Waals surface area contributed by atoms with Crippen LogP contribution in [0.2, 0.25) is 5.02 Å². The van der Waals surface area contributed by atoms with Gasteiger partial charge in [0.1, 0.15) is 12.4 Å². The predicted molar refractivity (Wildman–Crippen MR) is 51.0 cm³/mol. The Morgan fingerprint density at radius 1 is 1.46 bits per heavy atom. The van der Waals surface area contributed by atoms with Gasteiger partial charge in [0.2, 0.25) is 5.88 Å². The minimum Gasteiger partial charge on any atom is -0.475 e. The van der Waals surface area contributed by atoms with Crippen molar-refractivity contribution in [1.29, 1.82) is 0 Å². The zero-order valence-corrected chi connectivity index (χ0v) is 8.04. The zero-order valence-electron chi connectivity index (χ0n) is 7.29. The van der Waals surface area contributed by atoms with Gasteiger partial charge in [-0.15, -0.1) is 0 Å². The van der Waals surface area contributed by atoms with Crippen molar-refractivity contribution in [2.24, 2.45) is 0 Å². The highest BCUT2D eigenvalue weighted by Crippen LogP contribution is 2.19. The molecule has 1 heterocycles. The summed E-state index contributed by atoms with van der Waals surface area (Å²) in [7, 11) is 1.60. The summed E-state index contributed by atoms with van der Waals surface area (Å²) in [5.74, 6) is 0.732. The molecule has 1 rings (SSSR count). The first-order chi connectivity index (χ1) is 6.24. The summed E-state index contributed by atoms with van der Waals surface area (Å²) in [6.07, 6.45) is 0. The molecule has 0 spiro atoms. The third-order valence-electron chi connectivity index (χ3n) is 1.38. The van der Waals surface area contributed by atoms with Crippen LogP contribution in [-0.2, 0) is 4.74 Å². The Hall–Kier alpha value is -1.00. The van der Waals surface area contributed by atoms with Crippen molar-refractivity contribution in [3.05, 3.63) is 17.2 Å². The van der Waals surface area contributed by atoms with E-state index in [4.69, 9.17) is 26.8 Å². The van der Waals surface area contributed by atoms with Crippen LogP contribution in [0.3, 0.4) is 0 Å². The predicted octanol–water partition coefficient (Wildman–Crippen LogP) is 1.34. The van der Waals surface area contributed by atoms with E-state index < -0.39 is 0 Å². The molecule has 0 aliphatic carbocycles. The van der Waals surface area contributed by atoms with Gasteiger partial charge in [-0.25, -0.2) is 0 Å². The first-order valence-electron chi connectivity index (χ1n) is 3.78. The maximum absolute atomic E-state index is 5.67. The lowest BCUT2D eigenvalue weighted by molar-refractivity contribution is 0.144. The molecule has 2 N–H and O–H groups in total. The number of ether oxygens (including phenoxy) is 2.